The Kier molecular flexibility index (Phi) is 14.6. The standard InChI is InChI=1S/C19H32N4O3.HI/c1-4-20-19(23-12-14-26-13-9-15(2)3)22-11-10-21-18(25)16-7-5-6-8-17(16)24;/h5-8,15,24H,4,9-14H2,1-3H3,(H,21,25)(H2,20,22,23);1H. The van der Waals surface area contributed by atoms with Crippen LogP contribution in [-0.4, -0.2) is 56.4 Å². The number of phenols is 1. The summed E-state index contributed by atoms with van der Waals surface area (Å²) < 4.78 is 5.55. The van der Waals surface area contributed by atoms with Crippen LogP contribution in [-0.2, 0) is 4.74 Å². The summed E-state index contributed by atoms with van der Waals surface area (Å²) in [5, 5.41) is 18.7. The quantitative estimate of drug-likeness (QED) is 0.165. The van der Waals surface area contributed by atoms with Crippen molar-refractivity contribution >= 4 is 35.8 Å². The van der Waals surface area contributed by atoms with Gasteiger partial charge in [-0.2, -0.15) is 0 Å². The summed E-state index contributed by atoms with van der Waals surface area (Å²) in [5.74, 6) is 1.01. The fraction of sp³-hybridized carbons (Fsp3) is 0.579. The number of amides is 1. The van der Waals surface area contributed by atoms with Gasteiger partial charge in [-0.05, 0) is 31.4 Å². The number of nitrogens with zero attached hydrogens (tertiary/aromatic N) is 1. The molecule has 0 radical (unpaired) electrons. The number of hydrogen-bond acceptors (Lipinski definition) is 4. The molecule has 4 N–H and O–H groups in total. The topological polar surface area (TPSA) is 95.0 Å². The summed E-state index contributed by atoms with van der Waals surface area (Å²) in [6.45, 7) is 9.97. The zero-order valence-electron chi connectivity index (χ0n) is 16.5. The number of nitrogens with one attached hydrogen (secondary N) is 3. The second-order valence-corrected chi connectivity index (χ2v) is 6.26. The van der Waals surface area contributed by atoms with Gasteiger partial charge in [-0.25, -0.2) is 0 Å². The highest BCUT2D eigenvalue weighted by atomic mass is 127. The van der Waals surface area contributed by atoms with E-state index in [9.17, 15) is 9.90 Å². The molecule has 1 amide bonds. The van der Waals surface area contributed by atoms with Crippen molar-refractivity contribution in [1.29, 1.82) is 0 Å². The number of hydrogen-bond donors (Lipinski definition) is 4. The number of rotatable bonds is 11. The van der Waals surface area contributed by atoms with E-state index in [2.05, 4.69) is 34.8 Å². The van der Waals surface area contributed by atoms with Gasteiger partial charge in [0.1, 0.15) is 5.75 Å². The second-order valence-electron chi connectivity index (χ2n) is 6.26. The molecule has 1 aromatic rings. The third-order valence-electron chi connectivity index (χ3n) is 3.54. The van der Waals surface area contributed by atoms with Crippen molar-refractivity contribution in [3.8, 4) is 5.75 Å². The first kappa shape index (κ1) is 25.4. The number of guanidine groups is 1. The SMILES string of the molecule is CCNC(=NCCOCCC(C)C)NCCNC(=O)c1ccccc1O.I. The Morgan fingerprint density at radius 3 is 2.52 bits per heavy atom. The van der Waals surface area contributed by atoms with Crippen LogP contribution in [0, 0.1) is 5.92 Å². The van der Waals surface area contributed by atoms with Gasteiger partial charge in [0.15, 0.2) is 5.96 Å². The molecule has 0 saturated carbocycles. The van der Waals surface area contributed by atoms with Gasteiger partial charge in [0.25, 0.3) is 5.91 Å². The van der Waals surface area contributed by atoms with Gasteiger partial charge in [-0.1, -0.05) is 26.0 Å². The Labute approximate surface area is 179 Å². The molecule has 0 saturated heterocycles. The van der Waals surface area contributed by atoms with Crippen molar-refractivity contribution in [2.24, 2.45) is 10.9 Å². The summed E-state index contributed by atoms with van der Waals surface area (Å²) in [7, 11) is 0. The molecule has 1 rings (SSSR count). The van der Waals surface area contributed by atoms with E-state index >= 15 is 0 Å². The zero-order valence-corrected chi connectivity index (χ0v) is 18.8. The Morgan fingerprint density at radius 1 is 1.15 bits per heavy atom. The number of aromatic hydroxyl groups is 1. The van der Waals surface area contributed by atoms with Gasteiger partial charge in [0.05, 0.1) is 18.7 Å². The summed E-state index contributed by atoms with van der Waals surface area (Å²) in [6.07, 6.45) is 1.05. The molecule has 8 heteroatoms. The molecular formula is C19H33IN4O3. The Hall–Kier alpha value is -1.55. The minimum Gasteiger partial charge on any atom is -0.507 e. The first-order chi connectivity index (χ1) is 12.5. The first-order valence-electron chi connectivity index (χ1n) is 9.20. The number of halogens is 1. The van der Waals surface area contributed by atoms with E-state index in [1.807, 2.05) is 6.92 Å². The Balaban J connectivity index is 0.00000676. The van der Waals surface area contributed by atoms with Crippen LogP contribution in [0.1, 0.15) is 37.6 Å². The van der Waals surface area contributed by atoms with Crippen LogP contribution in [0.25, 0.3) is 0 Å². The second kappa shape index (κ2) is 15.5. The monoisotopic (exact) mass is 492 g/mol. The van der Waals surface area contributed by atoms with Crippen LogP contribution in [0.15, 0.2) is 29.3 Å². The molecular weight excluding hydrogens is 459 g/mol. The number of para-hydroxylation sites is 1. The van der Waals surface area contributed by atoms with Crippen molar-refractivity contribution < 1.29 is 14.6 Å². The van der Waals surface area contributed by atoms with Crippen LogP contribution >= 0.6 is 24.0 Å². The van der Waals surface area contributed by atoms with E-state index in [0.29, 0.717) is 38.1 Å². The average Bonchev–Trinajstić information content (AvgIpc) is 2.61. The molecule has 0 aliphatic carbocycles. The Morgan fingerprint density at radius 2 is 1.85 bits per heavy atom. The van der Waals surface area contributed by atoms with Crippen LogP contribution in [0.5, 0.6) is 5.75 Å². The molecule has 7 nitrogen and oxygen atoms in total. The maximum Gasteiger partial charge on any atom is 0.255 e. The van der Waals surface area contributed by atoms with E-state index in [1.54, 1.807) is 18.2 Å². The van der Waals surface area contributed by atoms with E-state index in [0.717, 1.165) is 19.6 Å². The van der Waals surface area contributed by atoms with Crippen molar-refractivity contribution in [3.63, 3.8) is 0 Å². The predicted molar refractivity (Wildman–Crippen MR) is 120 cm³/mol. The largest absolute Gasteiger partial charge is 0.507 e. The maximum atomic E-state index is 12.0. The average molecular weight is 492 g/mol. The molecule has 0 aromatic heterocycles. The fourth-order valence-electron chi connectivity index (χ4n) is 2.10. The molecule has 27 heavy (non-hydrogen) atoms. The van der Waals surface area contributed by atoms with Gasteiger partial charge >= 0.3 is 0 Å². The van der Waals surface area contributed by atoms with E-state index in [-0.39, 0.29) is 41.2 Å². The highest BCUT2D eigenvalue weighted by molar-refractivity contribution is 14.0. The van der Waals surface area contributed by atoms with Crippen LogP contribution in [0.4, 0.5) is 0 Å². The van der Waals surface area contributed by atoms with Crippen LogP contribution in [0.3, 0.4) is 0 Å². The summed E-state index contributed by atoms with van der Waals surface area (Å²) in [5.41, 5.74) is 0.270. The van der Waals surface area contributed by atoms with E-state index in [1.165, 1.54) is 6.07 Å². The Bertz CT molecular complexity index is 568. The minimum absolute atomic E-state index is 0. The molecule has 0 bridgehead atoms. The minimum atomic E-state index is -0.301. The third kappa shape index (κ3) is 11.7. The van der Waals surface area contributed by atoms with Crippen LogP contribution in [0.2, 0.25) is 0 Å². The van der Waals surface area contributed by atoms with Crippen molar-refractivity contribution in [2.45, 2.75) is 27.2 Å². The van der Waals surface area contributed by atoms with Crippen molar-refractivity contribution in [3.05, 3.63) is 29.8 Å². The summed E-state index contributed by atoms with van der Waals surface area (Å²) >= 11 is 0. The number of aliphatic imine (C=N–C) groups is 1. The molecule has 0 atom stereocenters. The van der Waals surface area contributed by atoms with E-state index < -0.39 is 0 Å². The normalized spacial score (nSPS) is 11.0. The molecule has 0 fully saturated rings. The fourth-order valence-corrected chi connectivity index (χ4v) is 2.10. The smallest absolute Gasteiger partial charge is 0.255 e. The predicted octanol–water partition coefficient (Wildman–Crippen LogP) is 2.36. The van der Waals surface area contributed by atoms with Crippen molar-refractivity contribution in [1.82, 2.24) is 16.0 Å². The number of carbonyl (C=O) groups excluding carboxylic acids is 1. The van der Waals surface area contributed by atoms with Gasteiger partial charge in [0.2, 0.25) is 0 Å². The van der Waals surface area contributed by atoms with Crippen molar-refractivity contribution in [2.75, 3.05) is 39.4 Å². The number of benzene rings is 1. The third-order valence-corrected chi connectivity index (χ3v) is 3.54. The lowest BCUT2D eigenvalue weighted by Crippen LogP contribution is -2.41. The number of carbonyl (C=O) groups is 1. The molecule has 154 valence electrons. The molecule has 0 heterocycles. The van der Waals surface area contributed by atoms with Crippen LogP contribution < -0.4 is 16.0 Å². The number of ether oxygens (including phenoxy) is 1. The lowest BCUT2D eigenvalue weighted by Gasteiger charge is -2.12. The summed E-state index contributed by atoms with van der Waals surface area (Å²) in [6, 6.07) is 6.47. The highest BCUT2D eigenvalue weighted by Gasteiger charge is 2.09. The highest BCUT2D eigenvalue weighted by Crippen LogP contribution is 2.14. The lowest BCUT2D eigenvalue weighted by atomic mass is 10.1. The molecule has 0 spiro atoms. The maximum absolute atomic E-state index is 12.0. The molecule has 0 unspecified atom stereocenters. The zero-order chi connectivity index (χ0) is 19.2. The lowest BCUT2D eigenvalue weighted by molar-refractivity contribution is 0.0951. The molecule has 0 aliphatic heterocycles. The van der Waals surface area contributed by atoms with Gasteiger partial charge < -0.3 is 25.8 Å². The van der Waals surface area contributed by atoms with E-state index in [4.69, 9.17) is 4.74 Å². The number of phenolic OH excluding ortho intramolecular Hbond substituents is 1. The molecule has 0 aliphatic rings. The molecule has 1 aromatic carbocycles. The summed E-state index contributed by atoms with van der Waals surface area (Å²) in [4.78, 5) is 16.4. The van der Waals surface area contributed by atoms with Gasteiger partial charge in [0, 0.05) is 26.2 Å². The van der Waals surface area contributed by atoms with Gasteiger partial charge in [-0.3, -0.25) is 9.79 Å². The first-order valence-corrected chi connectivity index (χ1v) is 9.20. The van der Waals surface area contributed by atoms with Gasteiger partial charge in [-0.15, -0.1) is 24.0 Å².